The monoisotopic (exact) mass is 368 g/mol. The normalized spacial score (nSPS) is 24.6. The molecular weight excluding hydrogens is 344 g/mol. The van der Waals surface area contributed by atoms with Crippen LogP contribution in [0.5, 0.6) is 0 Å². The molecule has 142 valence electrons. The molecule has 4 heterocycles. The maximum atomic E-state index is 12.6. The van der Waals surface area contributed by atoms with Gasteiger partial charge in [-0.1, -0.05) is 0 Å². The molecule has 2 aromatic heterocycles. The van der Waals surface area contributed by atoms with Crippen LogP contribution in [-0.4, -0.2) is 57.7 Å². The highest BCUT2D eigenvalue weighted by Gasteiger charge is 2.33. The third-order valence-corrected chi connectivity index (χ3v) is 5.81. The fourth-order valence-corrected chi connectivity index (χ4v) is 4.31. The number of likely N-dealkylation sites (N-methyl/N-ethyl adjacent to an activating group) is 1. The Morgan fingerprint density at radius 3 is 2.96 bits per heavy atom. The molecule has 1 aliphatic carbocycles. The van der Waals surface area contributed by atoms with Crippen molar-refractivity contribution in [1.82, 2.24) is 24.9 Å². The van der Waals surface area contributed by atoms with Crippen molar-refractivity contribution < 1.29 is 4.74 Å². The number of fused-ring (bicyclic) bond motifs is 2. The van der Waals surface area contributed by atoms with Gasteiger partial charge in [0.25, 0.3) is 5.56 Å². The molecule has 0 saturated carbocycles. The molecule has 8 heteroatoms. The van der Waals surface area contributed by atoms with E-state index in [1.807, 2.05) is 0 Å². The highest BCUT2D eigenvalue weighted by Crippen LogP contribution is 2.25. The summed E-state index contributed by atoms with van der Waals surface area (Å²) in [6, 6.07) is 3.64. The first-order valence-corrected chi connectivity index (χ1v) is 9.67. The van der Waals surface area contributed by atoms with E-state index >= 15 is 0 Å². The maximum absolute atomic E-state index is 12.6. The molecule has 1 fully saturated rings. The second-order valence-electron chi connectivity index (χ2n) is 7.80. The zero-order valence-electron chi connectivity index (χ0n) is 15.5. The summed E-state index contributed by atoms with van der Waals surface area (Å²) in [6.07, 6.45) is 3.92. The minimum Gasteiger partial charge on any atom is -0.377 e. The van der Waals surface area contributed by atoms with E-state index in [0.29, 0.717) is 13.2 Å². The lowest BCUT2D eigenvalue weighted by Crippen LogP contribution is -2.38. The van der Waals surface area contributed by atoms with Gasteiger partial charge in [0.1, 0.15) is 11.9 Å². The van der Waals surface area contributed by atoms with Crippen molar-refractivity contribution in [3.8, 4) is 0 Å². The number of hydrogen-bond donors (Lipinski definition) is 1. The fourth-order valence-electron chi connectivity index (χ4n) is 4.31. The van der Waals surface area contributed by atoms with E-state index in [1.54, 1.807) is 10.7 Å². The third-order valence-electron chi connectivity index (χ3n) is 5.81. The average molecular weight is 368 g/mol. The van der Waals surface area contributed by atoms with Crippen LogP contribution in [-0.2, 0) is 30.5 Å². The Morgan fingerprint density at radius 2 is 2.04 bits per heavy atom. The van der Waals surface area contributed by atoms with E-state index in [4.69, 9.17) is 4.74 Å². The van der Waals surface area contributed by atoms with E-state index in [-0.39, 0.29) is 17.6 Å². The number of aromatic nitrogens is 4. The second kappa shape index (κ2) is 6.69. The van der Waals surface area contributed by atoms with Crippen molar-refractivity contribution in [2.45, 2.75) is 44.3 Å². The summed E-state index contributed by atoms with van der Waals surface area (Å²) in [4.78, 5) is 14.9. The summed E-state index contributed by atoms with van der Waals surface area (Å²) in [6.45, 7) is 2.90. The number of aryl methyl sites for hydroxylation is 2. The Labute approximate surface area is 157 Å². The van der Waals surface area contributed by atoms with Crippen LogP contribution in [0.25, 0.3) is 0 Å². The minimum absolute atomic E-state index is 0.0453. The number of anilines is 1. The van der Waals surface area contributed by atoms with Gasteiger partial charge in [-0.05, 0) is 43.5 Å². The van der Waals surface area contributed by atoms with Gasteiger partial charge in [0.05, 0.1) is 30.6 Å². The van der Waals surface area contributed by atoms with E-state index in [9.17, 15) is 4.79 Å². The Hall–Kier alpha value is -2.32. The van der Waals surface area contributed by atoms with E-state index in [2.05, 4.69) is 38.6 Å². The summed E-state index contributed by atoms with van der Waals surface area (Å²) in [5.41, 5.74) is 4.40. The Kier molecular flexibility index (Phi) is 4.17. The van der Waals surface area contributed by atoms with Gasteiger partial charge in [0, 0.05) is 25.6 Å². The molecular formula is C19H24N6O2. The molecule has 0 aromatic carbocycles. The first-order chi connectivity index (χ1) is 13.2. The smallest absolute Gasteiger partial charge is 0.267 e. The molecule has 0 amide bonds. The lowest BCUT2D eigenvalue weighted by Gasteiger charge is -2.25. The van der Waals surface area contributed by atoms with Crippen molar-refractivity contribution in [2.75, 3.05) is 32.1 Å². The Bertz CT molecular complexity index is 927. The zero-order chi connectivity index (χ0) is 18.4. The minimum atomic E-state index is -0.135. The second-order valence-corrected chi connectivity index (χ2v) is 7.80. The largest absolute Gasteiger partial charge is 0.377 e. The molecule has 0 bridgehead atoms. The molecule has 2 aromatic rings. The number of hydrogen-bond acceptors (Lipinski definition) is 7. The van der Waals surface area contributed by atoms with Crippen molar-refractivity contribution in [2.24, 2.45) is 0 Å². The Morgan fingerprint density at radius 1 is 1.11 bits per heavy atom. The van der Waals surface area contributed by atoms with Gasteiger partial charge in [0.15, 0.2) is 0 Å². The number of ether oxygens (including phenoxy) is 1. The molecule has 27 heavy (non-hydrogen) atoms. The summed E-state index contributed by atoms with van der Waals surface area (Å²) in [7, 11) is 2.11. The van der Waals surface area contributed by atoms with Gasteiger partial charge in [-0.2, -0.15) is 10.2 Å². The Balaban J connectivity index is 1.40. The average Bonchev–Trinajstić information content (AvgIpc) is 3.29. The SMILES string of the molecule is CN1CCc2nnc(NC3COCC3n3nc4c(cc3=O)CCC4)cc2C1. The quantitative estimate of drug-likeness (QED) is 0.847. The van der Waals surface area contributed by atoms with Gasteiger partial charge in [-0.25, -0.2) is 4.68 Å². The lowest BCUT2D eigenvalue weighted by molar-refractivity contribution is 0.182. The number of nitrogens with zero attached hydrogens (tertiary/aromatic N) is 5. The summed E-state index contributed by atoms with van der Waals surface area (Å²) < 4.78 is 7.29. The molecule has 8 nitrogen and oxygen atoms in total. The first kappa shape index (κ1) is 16.8. The maximum Gasteiger partial charge on any atom is 0.267 e. The van der Waals surface area contributed by atoms with E-state index in [1.165, 1.54) is 5.56 Å². The van der Waals surface area contributed by atoms with Crippen LogP contribution >= 0.6 is 0 Å². The lowest BCUT2D eigenvalue weighted by atomic mass is 10.1. The molecule has 5 rings (SSSR count). The van der Waals surface area contributed by atoms with Gasteiger partial charge in [-0.3, -0.25) is 4.79 Å². The van der Waals surface area contributed by atoms with Gasteiger partial charge >= 0.3 is 0 Å². The molecule has 0 spiro atoms. The van der Waals surface area contributed by atoms with E-state index in [0.717, 1.165) is 61.5 Å². The first-order valence-electron chi connectivity index (χ1n) is 9.67. The molecule has 2 unspecified atom stereocenters. The highest BCUT2D eigenvalue weighted by atomic mass is 16.5. The number of rotatable bonds is 3. The van der Waals surface area contributed by atoms with Crippen LogP contribution < -0.4 is 10.9 Å². The van der Waals surface area contributed by atoms with Crippen molar-refractivity contribution in [3.63, 3.8) is 0 Å². The van der Waals surface area contributed by atoms with Crippen LogP contribution in [0.2, 0.25) is 0 Å². The van der Waals surface area contributed by atoms with Gasteiger partial charge in [0.2, 0.25) is 0 Å². The van der Waals surface area contributed by atoms with Crippen molar-refractivity contribution in [1.29, 1.82) is 0 Å². The number of nitrogens with one attached hydrogen (secondary N) is 1. The van der Waals surface area contributed by atoms with Crippen molar-refractivity contribution >= 4 is 5.82 Å². The molecule has 2 aliphatic heterocycles. The van der Waals surface area contributed by atoms with Gasteiger partial charge in [-0.15, -0.1) is 5.10 Å². The van der Waals surface area contributed by atoms with Crippen molar-refractivity contribution in [3.05, 3.63) is 45.0 Å². The van der Waals surface area contributed by atoms with Crippen LogP contribution in [0.15, 0.2) is 16.9 Å². The van der Waals surface area contributed by atoms with Gasteiger partial charge < -0.3 is 15.0 Å². The van der Waals surface area contributed by atoms with Crippen LogP contribution in [0.3, 0.4) is 0 Å². The molecule has 1 saturated heterocycles. The highest BCUT2D eigenvalue weighted by molar-refractivity contribution is 5.40. The fraction of sp³-hybridized carbons (Fsp3) is 0.579. The standard InChI is InChI=1S/C19H24N6O2/c1-24-6-5-14-13(9-24)7-18(22-21-14)20-16-10-27-11-17(16)25-19(26)8-12-3-2-4-15(12)23-25/h7-8,16-17H,2-6,9-11H2,1H3,(H,20,22). The molecule has 2 atom stereocenters. The summed E-state index contributed by atoms with van der Waals surface area (Å²) in [5, 5.41) is 16.8. The van der Waals surface area contributed by atoms with Crippen LogP contribution in [0.4, 0.5) is 5.82 Å². The predicted octanol–water partition coefficient (Wildman–Crippen LogP) is 0.562. The van der Waals surface area contributed by atoms with Crippen LogP contribution in [0, 0.1) is 0 Å². The molecule has 0 radical (unpaired) electrons. The van der Waals surface area contributed by atoms with Crippen LogP contribution in [0.1, 0.15) is 35.0 Å². The van der Waals surface area contributed by atoms with E-state index < -0.39 is 0 Å². The molecule has 3 aliphatic rings. The topological polar surface area (TPSA) is 85.2 Å². The zero-order valence-corrected chi connectivity index (χ0v) is 15.5. The summed E-state index contributed by atoms with van der Waals surface area (Å²) in [5.74, 6) is 0.735. The molecule has 1 N–H and O–H groups in total. The third kappa shape index (κ3) is 3.12. The summed E-state index contributed by atoms with van der Waals surface area (Å²) >= 11 is 0. The predicted molar refractivity (Wildman–Crippen MR) is 99.9 cm³/mol.